The lowest BCUT2D eigenvalue weighted by atomic mass is 10.0. The lowest BCUT2D eigenvalue weighted by Crippen LogP contribution is -2.37. The molecule has 1 saturated heterocycles. The standard InChI is InChI=1S/C27H34Cl2N6O3Si/c1-39(2,3)14-13-36-17-35-23(15-30)31-27(32-35)34-11-9-19(10-12-34)37-16-20-25(33-38-26(20)18-7-8-18)24-21(28)5-4-6-22(24)29/h4-6,18-19H,7-14,16-17H2,1-3H3. The lowest BCUT2D eigenvalue weighted by Gasteiger charge is -2.31. The predicted octanol–water partition coefficient (Wildman–Crippen LogP) is 6.49. The Morgan fingerprint density at radius 3 is 2.49 bits per heavy atom. The number of hydrogen-bond donors (Lipinski definition) is 0. The summed E-state index contributed by atoms with van der Waals surface area (Å²) >= 11 is 13.0. The van der Waals surface area contributed by atoms with Gasteiger partial charge in [0.15, 0.2) is 0 Å². The second kappa shape index (κ2) is 12.0. The topological polar surface area (TPSA) is 102 Å². The molecule has 5 rings (SSSR count). The van der Waals surface area contributed by atoms with Crippen molar-refractivity contribution in [1.82, 2.24) is 19.9 Å². The van der Waals surface area contributed by atoms with Gasteiger partial charge in [0.25, 0.3) is 0 Å². The summed E-state index contributed by atoms with van der Waals surface area (Å²) in [5.41, 5.74) is 2.28. The van der Waals surface area contributed by atoms with Gasteiger partial charge in [-0.2, -0.15) is 10.2 Å². The first kappa shape index (κ1) is 28.1. The fraction of sp³-hybridized carbons (Fsp3) is 0.556. The summed E-state index contributed by atoms with van der Waals surface area (Å²) in [6.45, 7) is 9.68. The lowest BCUT2D eigenvalue weighted by molar-refractivity contribution is 0.0244. The van der Waals surface area contributed by atoms with E-state index >= 15 is 0 Å². The van der Waals surface area contributed by atoms with Crippen molar-refractivity contribution >= 4 is 37.2 Å². The zero-order valence-electron chi connectivity index (χ0n) is 22.6. The monoisotopic (exact) mass is 588 g/mol. The first-order chi connectivity index (χ1) is 18.7. The number of piperidine rings is 1. The van der Waals surface area contributed by atoms with Crippen LogP contribution in [0.25, 0.3) is 11.3 Å². The minimum absolute atomic E-state index is 0.0696. The van der Waals surface area contributed by atoms with Crippen LogP contribution in [0.4, 0.5) is 5.95 Å². The Hall–Kier alpha value is -2.42. The van der Waals surface area contributed by atoms with E-state index in [4.69, 9.17) is 37.2 Å². The zero-order chi connectivity index (χ0) is 27.6. The molecule has 0 bridgehead atoms. The molecule has 2 fully saturated rings. The van der Waals surface area contributed by atoms with E-state index in [1.165, 1.54) is 0 Å². The molecule has 0 spiro atoms. The Morgan fingerprint density at radius 2 is 1.85 bits per heavy atom. The van der Waals surface area contributed by atoms with Crippen molar-refractivity contribution < 1.29 is 14.0 Å². The second-order valence-corrected chi connectivity index (χ2v) is 17.9. The van der Waals surface area contributed by atoms with Crippen LogP contribution in [0.3, 0.4) is 0 Å². The largest absolute Gasteiger partial charge is 0.373 e. The third kappa shape index (κ3) is 6.84. The molecule has 12 heteroatoms. The molecule has 0 atom stereocenters. The number of nitrogens with zero attached hydrogens (tertiary/aromatic N) is 6. The maximum Gasteiger partial charge on any atom is 0.245 e. The molecule has 1 aliphatic carbocycles. The van der Waals surface area contributed by atoms with Gasteiger partial charge in [-0.25, -0.2) is 4.68 Å². The van der Waals surface area contributed by atoms with E-state index in [-0.39, 0.29) is 18.7 Å². The Morgan fingerprint density at radius 1 is 1.13 bits per heavy atom. The number of halogens is 2. The SMILES string of the molecule is C[Si](C)(C)CCOCn1nc(N2CCC(OCc3c(-c4c(Cl)cccc4Cl)noc3C3CC3)CC2)nc1C#N. The van der Waals surface area contributed by atoms with Crippen molar-refractivity contribution in [2.75, 3.05) is 24.6 Å². The highest BCUT2D eigenvalue weighted by molar-refractivity contribution is 6.76. The van der Waals surface area contributed by atoms with Gasteiger partial charge in [-0.15, -0.1) is 5.10 Å². The quantitative estimate of drug-likeness (QED) is 0.185. The highest BCUT2D eigenvalue weighted by Crippen LogP contribution is 2.46. The van der Waals surface area contributed by atoms with Crippen LogP contribution in [0.15, 0.2) is 22.7 Å². The molecule has 0 radical (unpaired) electrons. The van der Waals surface area contributed by atoms with Crippen molar-refractivity contribution in [3.63, 3.8) is 0 Å². The smallest absolute Gasteiger partial charge is 0.245 e. The summed E-state index contributed by atoms with van der Waals surface area (Å²) in [6, 6.07) is 8.63. The van der Waals surface area contributed by atoms with E-state index in [2.05, 4.69) is 45.8 Å². The van der Waals surface area contributed by atoms with Gasteiger partial charge in [-0.1, -0.05) is 54.1 Å². The molecule has 1 saturated carbocycles. The maximum atomic E-state index is 9.53. The average molecular weight is 590 g/mol. The Balaban J connectivity index is 1.19. The van der Waals surface area contributed by atoms with Crippen molar-refractivity contribution in [2.45, 2.75) is 76.7 Å². The van der Waals surface area contributed by atoms with E-state index in [0.717, 1.165) is 56.1 Å². The molecule has 39 heavy (non-hydrogen) atoms. The van der Waals surface area contributed by atoms with Gasteiger partial charge in [0.1, 0.15) is 24.3 Å². The van der Waals surface area contributed by atoms with E-state index in [1.807, 2.05) is 6.07 Å². The number of aromatic nitrogens is 4. The fourth-order valence-electron chi connectivity index (χ4n) is 4.64. The van der Waals surface area contributed by atoms with Crippen molar-refractivity contribution in [3.8, 4) is 17.3 Å². The minimum Gasteiger partial charge on any atom is -0.373 e. The molecule has 3 heterocycles. The number of hydrogen-bond acceptors (Lipinski definition) is 8. The predicted molar refractivity (Wildman–Crippen MR) is 153 cm³/mol. The number of anilines is 1. The van der Waals surface area contributed by atoms with Gasteiger partial charge in [0.2, 0.25) is 11.8 Å². The summed E-state index contributed by atoms with van der Waals surface area (Å²) in [6.07, 6.45) is 3.87. The van der Waals surface area contributed by atoms with Crippen molar-refractivity contribution in [1.29, 1.82) is 5.26 Å². The molecule has 3 aromatic rings. The van der Waals surface area contributed by atoms with Gasteiger partial charge in [-0.05, 0) is 43.9 Å². The third-order valence-electron chi connectivity index (χ3n) is 7.12. The first-order valence-corrected chi connectivity index (χ1v) is 17.9. The molecular formula is C27H34Cl2N6O3Si. The van der Waals surface area contributed by atoms with Crippen LogP contribution in [0, 0.1) is 11.3 Å². The molecule has 0 amide bonds. The van der Waals surface area contributed by atoms with Crippen LogP contribution in [0.1, 0.15) is 48.7 Å². The summed E-state index contributed by atoms with van der Waals surface area (Å²) in [5, 5.41) is 19.5. The van der Waals surface area contributed by atoms with Crippen LogP contribution in [-0.2, 0) is 22.8 Å². The van der Waals surface area contributed by atoms with E-state index in [0.29, 0.717) is 46.4 Å². The summed E-state index contributed by atoms with van der Waals surface area (Å²) in [7, 11) is -1.18. The van der Waals surface area contributed by atoms with Gasteiger partial charge in [0.05, 0.1) is 22.8 Å². The number of benzene rings is 1. The van der Waals surface area contributed by atoms with Crippen LogP contribution < -0.4 is 4.90 Å². The van der Waals surface area contributed by atoms with Crippen LogP contribution in [0.2, 0.25) is 35.7 Å². The third-order valence-corrected chi connectivity index (χ3v) is 9.46. The molecular weight excluding hydrogens is 555 g/mol. The van der Waals surface area contributed by atoms with E-state index in [9.17, 15) is 5.26 Å². The highest BCUT2D eigenvalue weighted by Gasteiger charge is 2.34. The molecule has 0 N–H and O–H groups in total. The minimum atomic E-state index is -1.18. The fourth-order valence-corrected chi connectivity index (χ4v) is 5.97. The van der Waals surface area contributed by atoms with Gasteiger partial charge in [-0.3, -0.25) is 0 Å². The average Bonchev–Trinajstić information content (AvgIpc) is 3.53. The van der Waals surface area contributed by atoms with Gasteiger partial charge >= 0.3 is 0 Å². The Bertz CT molecular complexity index is 1320. The molecule has 0 unspecified atom stereocenters. The van der Waals surface area contributed by atoms with Crippen LogP contribution in [-0.4, -0.2) is 53.8 Å². The Labute approximate surface area is 240 Å². The maximum absolute atomic E-state index is 9.53. The molecule has 1 aromatic carbocycles. The summed E-state index contributed by atoms with van der Waals surface area (Å²) in [4.78, 5) is 6.55. The Kier molecular flexibility index (Phi) is 8.64. The normalized spacial score (nSPS) is 16.6. The molecule has 208 valence electrons. The molecule has 9 nitrogen and oxygen atoms in total. The summed E-state index contributed by atoms with van der Waals surface area (Å²) in [5.74, 6) is 2.08. The van der Waals surface area contributed by atoms with Crippen molar-refractivity contribution in [3.05, 3.63) is 45.4 Å². The van der Waals surface area contributed by atoms with Crippen LogP contribution in [0.5, 0.6) is 0 Å². The number of rotatable bonds is 11. The van der Waals surface area contributed by atoms with E-state index < -0.39 is 8.07 Å². The summed E-state index contributed by atoms with van der Waals surface area (Å²) < 4.78 is 19.5. The molecule has 2 aromatic heterocycles. The number of ether oxygens (including phenoxy) is 2. The molecule has 2 aliphatic rings. The second-order valence-electron chi connectivity index (χ2n) is 11.4. The highest BCUT2D eigenvalue weighted by atomic mass is 35.5. The number of nitriles is 1. The first-order valence-electron chi connectivity index (χ1n) is 13.5. The van der Waals surface area contributed by atoms with Gasteiger partial charge in [0, 0.05) is 44.8 Å². The van der Waals surface area contributed by atoms with E-state index in [1.54, 1.807) is 16.8 Å². The van der Waals surface area contributed by atoms with Crippen LogP contribution >= 0.6 is 23.2 Å². The van der Waals surface area contributed by atoms with Crippen molar-refractivity contribution in [2.24, 2.45) is 0 Å². The molecule has 1 aliphatic heterocycles. The van der Waals surface area contributed by atoms with Gasteiger partial charge < -0.3 is 18.9 Å². The zero-order valence-corrected chi connectivity index (χ0v) is 25.1.